The normalized spacial score (nSPS) is 10.7. The van der Waals surface area contributed by atoms with Crippen LogP contribution in [0.5, 0.6) is 11.5 Å². The van der Waals surface area contributed by atoms with Crippen LogP contribution in [0.1, 0.15) is 11.1 Å². The Morgan fingerprint density at radius 3 is 2.44 bits per heavy atom. The van der Waals surface area contributed by atoms with Crippen LogP contribution in [0.15, 0.2) is 72.4 Å². The van der Waals surface area contributed by atoms with Crippen LogP contribution in [-0.2, 0) is 11.8 Å². The van der Waals surface area contributed by atoms with Crippen LogP contribution in [0.25, 0.3) is 21.9 Å². The Bertz CT molecular complexity index is 1400. The van der Waals surface area contributed by atoms with Crippen molar-refractivity contribution < 1.29 is 9.53 Å². The summed E-state index contributed by atoms with van der Waals surface area (Å²) in [7, 11) is 1.68. The van der Waals surface area contributed by atoms with Crippen molar-refractivity contribution in [2.24, 2.45) is 7.05 Å². The third-order valence-corrected chi connectivity index (χ3v) is 5.24. The lowest BCUT2D eigenvalue weighted by atomic mass is 10.0. The number of nitrogens with one attached hydrogen (secondary N) is 1. The van der Waals surface area contributed by atoms with Crippen LogP contribution >= 0.6 is 0 Å². The molecular weight excluding hydrogens is 404 g/mol. The molecule has 0 bridgehead atoms. The molecule has 0 radical (unpaired) electrons. The molecule has 160 valence electrons. The number of carbonyl (C=O) groups is 1. The number of hydrogen-bond acceptors (Lipinski definition) is 5. The van der Waals surface area contributed by atoms with Crippen molar-refractivity contribution in [1.82, 2.24) is 14.8 Å². The molecule has 2 heterocycles. The maximum absolute atomic E-state index is 12.6. The Morgan fingerprint density at radius 2 is 1.75 bits per heavy atom. The minimum absolute atomic E-state index is 0.174. The second-order valence-corrected chi connectivity index (χ2v) is 7.50. The summed E-state index contributed by atoms with van der Waals surface area (Å²) < 4.78 is 7.87. The predicted molar refractivity (Wildman–Crippen MR) is 125 cm³/mol. The van der Waals surface area contributed by atoms with E-state index in [4.69, 9.17) is 4.74 Å². The van der Waals surface area contributed by atoms with Crippen molar-refractivity contribution >= 4 is 22.4 Å². The Balaban J connectivity index is 1.97. The highest BCUT2D eigenvalue weighted by atomic mass is 16.5. The number of hydrogen-bond donors (Lipinski definition) is 1. The first-order chi connectivity index (χ1) is 15.4. The van der Waals surface area contributed by atoms with E-state index in [1.54, 1.807) is 31.6 Å². The summed E-state index contributed by atoms with van der Waals surface area (Å²) in [5.41, 5.74) is 3.82. The Kier molecular flexibility index (Phi) is 5.55. The van der Waals surface area contributed by atoms with Gasteiger partial charge in [0.1, 0.15) is 11.5 Å². The highest BCUT2D eigenvalue weighted by molar-refractivity contribution is 6.01. The van der Waals surface area contributed by atoms with Gasteiger partial charge in [0.15, 0.2) is 0 Å². The summed E-state index contributed by atoms with van der Waals surface area (Å²) in [6.07, 6.45) is 5.96. The lowest BCUT2D eigenvalue weighted by molar-refractivity contribution is -0.111. The van der Waals surface area contributed by atoms with Gasteiger partial charge in [0, 0.05) is 35.4 Å². The zero-order valence-electron chi connectivity index (χ0n) is 18.0. The van der Waals surface area contributed by atoms with Crippen LogP contribution < -0.4 is 15.6 Å². The molecule has 0 saturated heterocycles. The summed E-state index contributed by atoms with van der Waals surface area (Å²) in [4.78, 5) is 24.5. The third-order valence-electron chi connectivity index (χ3n) is 5.24. The minimum Gasteiger partial charge on any atom is -0.456 e. The van der Waals surface area contributed by atoms with Gasteiger partial charge in [-0.25, -0.2) is 0 Å². The SMILES string of the molecule is C=CC(=O)Nc1ccc(Oc2c(C)cccc2C)c(-c2cn(C)c(=O)c3cnncc23)c1. The Labute approximate surface area is 185 Å². The smallest absolute Gasteiger partial charge is 0.259 e. The molecule has 7 nitrogen and oxygen atoms in total. The van der Waals surface area contributed by atoms with Gasteiger partial charge in [0.25, 0.3) is 5.56 Å². The van der Waals surface area contributed by atoms with E-state index in [1.807, 2.05) is 38.1 Å². The van der Waals surface area contributed by atoms with Crippen molar-refractivity contribution in [3.05, 3.63) is 89.1 Å². The molecule has 0 unspecified atom stereocenters. The number of para-hydroxylation sites is 1. The summed E-state index contributed by atoms with van der Waals surface area (Å²) in [5, 5.41) is 11.7. The lowest BCUT2D eigenvalue weighted by Gasteiger charge is -2.18. The molecule has 0 atom stereocenters. The van der Waals surface area contributed by atoms with E-state index in [1.165, 1.54) is 16.8 Å². The van der Waals surface area contributed by atoms with Crippen LogP contribution in [0.4, 0.5) is 5.69 Å². The lowest BCUT2D eigenvalue weighted by Crippen LogP contribution is -2.17. The second kappa shape index (κ2) is 8.47. The molecule has 2 aromatic carbocycles. The summed E-state index contributed by atoms with van der Waals surface area (Å²) in [6, 6.07) is 11.3. The fourth-order valence-electron chi connectivity index (χ4n) is 3.60. The van der Waals surface area contributed by atoms with E-state index in [9.17, 15) is 9.59 Å². The molecule has 32 heavy (non-hydrogen) atoms. The maximum atomic E-state index is 12.6. The van der Waals surface area contributed by atoms with E-state index >= 15 is 0 Å². The number of fused-ring (bicyclic) bond motifs is 1. The van der Waals surface area contributed by atoms with Crippen molar-refractivity contribution in [1.29, 1.82) is 0 Å². The molecule has 0 aliphatic rings. The summed E-state index contributed by atoms with van der Waals surface area (Å²) in [5.74, 6) is 1.01. The number of pyridine rings is 1. The molecule has 0 spiro atoms. The number of amides is 1. The van der Waals surface area contributed by atoms with Gasteiger partial charge in [-0.1, -0.05) is 24.8 Å². The molecule has 0 saturated carbocycles. The standard InChI is InChI=1S/C25H22N4O3/c1-5-23(30)28-17-9-10-22(32-24-15(2)7-6-8-16(24)3)18(11-17)21-14-29(4)25(31)20-13-27-26-12-19(20)21/h5-14H,1H2,2-4H3,(H,28,30). The Hall–Kier alpha value is -4.26. The zero-order chi connectivity index (χ0) is 22.8. The summed E-state index contributed by atoms with van der Waals surface area (Å²) in [6.45, 7) is 7.47. The number of aromatic nitrogens is 3. The molecule has 4 rings (SSSR count). The van der Waals surface area contributed by atoms with Gasteiger partial charge in [-0.3, -0.25) is 9.59 Å². The number of rotatable bonds is 5. The van der Waals surface area contributed by atoms with E-state index < -0.39 is 0 Å². The molecule has 2 aromatic heterocycles. The quantitative estimate of drug-likeness (QED) is 0.474. The number of carbonyl (C=O) groups excluding carboxylic acids is 1. The topological polar surface area (TPSA) is 86.1 Å². The van der Waals surface area contributed by atoms with Crippen LogP contribution in [-0.4, -0.2) is 20.7 Å². The van der Waals surface area contributed by atoms with Gasteiger partial charge in [-0.15, -0.1) is 0 Å². The van der Waals surface area contributed by atoms with Gasteiger partial charge in [0.05, 0.1) is 17.8 Å². The third kappa shape index (κ3) is 3.88. The van der Waals surface area contributed by atoms with Crippen LogP contribution in [0.3, 0.4) is 0 Å². The van der Waals surface area contributed by atoms with E-state index in [2.05, 4.69) is 22.1 Å². The highest BCUT2D eigenvalue weighted by Crippen LogP contribution is 2.39. The number of benzene rings is 2. The number of nitrogens with zero attached hydrogens (tertiary/aromatic N) is 3. The van der Waals surface area contributed by atoms with Crippen molar-refractivity contribution in [2.75, 3.05) is 5.32 Å². The monoisotopic (exact) mass is 426 g/mol. The van der Waals surface area contributed by atoms with Crippen molar-refractivity contribution in [3.63, 3.8) is 0 Å². The maximum Gasteiger partial charge on any atom is 0.259 e. The fourth-order valence-corrected chi connectivity index (χ4v) is 3.60. The first-order valence-corrected chi connectivity index (χ1v) is 10.0. The molecule has 1 N–H and O–H groups in total. The average Bonchev–Trinajstić information content (AvgIpc) is 2.79. The van der Waals surface area contributed by atoms with Gasteiger partial charge in [-0.05, 0) is 49.2 Å². The highest BCUT2D eigenvalue weighted by Gasteiger charge is 2.17. The molecule has 7 heteroatoms. The predicted octanol–water partition coefficient (Wildman–Crippen LogP) is 4.53. The minimum atomic E-state index is -0.324. The van der Waals surface area contributed by atoms with Crippen LogP contribution in [0, 0.1) is 13.8 Å². The zero-order valence-corrected chi connectivity index (χ0v) is 18.0. The number of anilines is 1. The number of ether oxygens (including phenoxy) is 1. The van der Waals surface area contributed by atoms with Gasteiger partial charge in [-0.2, -0.15) is 10.2 Å². The molecular formula is C25H22N4O3. The van der Waals surface area contributed by atoms with Gasteiger partial charge >= 0.3 is 0 Å². The molecule has 1 amide bonds. The molecule has 0 fully saturated rings. The molecule has 0 aliphatic carbocycles. The average molecular weight is 426 g/mol. The largest absolute Gasteiger partial charge is 0.456 e. The second-order valence-electron chi connectivity index (χ2n) is 7.50. The summed E-state index contributed by atoms with van der Waals surface area (Å²) >= 11 is 0. The molecule has 0 aliphatic heterocycles. The first kappa shape index (κ1) is 21.0. The van der Waals surface area contributed by atoms with E-state index in [0.717, 1.165) is 22.4 Å². The van der Waals surface area contributed by atoms with Gasteiger partial charge < -0.3 is 14.6 Å². The molecule has 4 aromatic rings. The Morgan fingerprint density at radius 1 is 1.06 bits per heavy atom. The van der Waals surface area contributed by atoms with Crippen molar-refractivity contribution in [3.8, 4) is 22.6 Å². The first-order valence-electron chi connectivity index (χ1n) is 10.0. The van der Waals surface area contributed by atoms with E-state index in [0.29, 0.717) is 27.8 Å². The van der Waals surface area contributed by atoms with Crippen LogP contribution in [0.2, 0.25) is 0 Å². The fraction of sp³-hybridized carbons (Fsp3) is 0.120. The number of aryl methyl sites for hydroxylation is 3. The van der Waals surface area contributed by atoms with Crippen molar-refractivity contribution in [2.45, 2.75) is 13.8 Å². The van der Waals surface area contributed by atoms with E-state index in [-0.39, 0.29) is 11.5 Å². The van der Waals surface area contributed by atoms with Gasteiger partial charge in [0.2, 0.25) is 5.91 Å².